The first-order valence-electron chi connectivity index (χ1n) is 6.60. The maximum absolute atomic E-state index is 11.4. The molecule has 0 aromatic rings. The fourth-order valence-corrected chi connectivity index (χ4v) is 1.23. The van der Waals surface area contributed by atoms with Crippen LogP contribution in [0.1, 0.15) is 26.7 Å². The van der Waals surface area contributed by atoms with Crippen LogP contribution in [0.5, 0.6) is 0 Å². The number of nitrogens with zero attached hydrogens (tertiary/aromatic N) is 1. The van der Waals surface area contributed by atoms with E-state index < -0.39 is 10.4 Å². The minimum atomic E-state index is -4.41. The zero-order chi connectivity index (χ0) is 17.3. The zero-order valence-corrected chi connectivity index (χ0v) is 14.6. The summed E-state index contributed by atoms with van der Waals surface area (Å²) >= 11 is 0. The fraction of sp³-hybridized carbons (Fsp3) is 0.769. The Kier molecular flexibility index (Phi) is 10.5. The van der Waals surface area contributed by atoms with Crippen molar-refractivity contribution in [3.8, 4) is 0 Å². The van der Waals surface area contributed by atoms with Gasteiger partial charge in [-0.25, -0.2) is 8.42 Å². The van der Waals surface area contributed by atoms with E-state index in [9.17, 15) is 17.8 Å². The lowest BCUT2D eigenvalue weighted by molar-refractivity contribution is -0.870. The first kappa shape index (κ1) is 22.3. The Bertz CT molecular complexity index is 426. The second-order valence-electron chi connectivity index (χ2n) is 5.74. The van der Waals surface area contributed by atoms with E-state index >= 15 is 0 Å². The summed E-state index contributed by atoms with van der Waals surface area (Å²) in [6.45, 7) is 8.53. The molecule has 0 saturated heterocycles. The molecular formula is C13H28N2O5S. The fourth-order valence-electron chi connectivity index (χ4n) is 1.23. The second kappa shape index (κ2) is 9.88. The maximum atomic E-state index is 11.4. The van der Waals surface area contributed by atoms with Gasteiger partial charge in [-0.1, -0.05) is 13.5 Å². The van der Waals surface area contributed by atoms with Gasteiger partial charge in [0.05, 0.1) is 34.8 Å². The summed E-state index contributed by atoms with van der Waals surface area (Å²) in [4.78, 5) is 11.4. The molecule has 21 heavy (non-hydrogen) atoms. The van der Waals surface area contributed by atoms with Gasteiger partial charge < -0.3 is 14.4 Å². The Balaban J connectivity index is 0. The third-order valence-electron chi connectivity index (χ3n) is 2.57. The highest BCUT2D eigenvalue weighted by Gasteiger charge is 2.15. The second-order valence-corrected chi connectivity index (χ2v) is 6.89. The summed E-state index contributed by atoms with van der Waals surface area (Å²) in [6, 6.07) is 0.270. The highest BCUT2D eigenvalue weighted by Crippen LogP contribution is 2.03. The smallest absolute Gasteiger partial charge is 0.246 e. The molecule has 0 aromatic carbocycles. The van der Waals surface area contributed by atoms with Crippen molar-refractivity contribution in [1.82, 2.24) is 5.32 Å². The first-order valence-corrected chi connectivity index (χ1v) is 7.94. The molecule has 0 saturated carbocycles. The van der Waals surface area contributed by atoms with Gasteiger partial charge in [-0.15, -0.1) is 0 Å². The molecule has 126 valence electrons. The summed E-state index contributed by atoms with van der Waals surface area (Å²) in [5, 5.41) is 2.99. The Morgan fingerprint density at radius 3 is 2.05 bits per heavy atom. The van der Waals surface area contributed by atoms with Crippen LogP contribution in [0.3, 0.4) is 0 Å². The number of rotatable bonds is 7. The lowest BCUT2D eigenvalue weighted by Gasteiger charge is -2.26. The monoisotopic (exact) mass is 324 g/mol. The molecule has 0 fully saturated rings. The average Bonchev–Trinajstić information content (AvgIpc) is 2.32. The number of carbonyl (C=O) groups is 1. The number of nitrogens with one attached hydrogen (secondary N) is 1. The molecule has 0 aliphatic heterocycles. The third kappa shape index (κ3) is 17.0. The number of amides is 1. The van der Waals surface area contributed by atoms with Crippen LogP contribution >= 0.6 is 0 Å². The van der Waals surface area contributed by atoms with E-state index in [0.29, 0.717) is 5.57 Å². The van der Waals surface area contributed by atoms with Gasteiger partial charge in [0.25, 0.3) is 0 Å². The number of hydrogen-bond donors (Lipinski definition) is 1. The third-order valence-corrected chi connectivity index (χ3v) is 2.98. The quantitative estimate of drug-likeness (QED) is 0.321. The van der Waals surface area contributed by atoms with Gasteiger partial charge in [0.15, 0.2) is 0 Å². The molecule has 0 radical (unpaired) electrons. The van der Waals surface area contributed by atoms with Gasteiger partial charge in [-0.05, 0) is 13.3 Å². The Hall–Kier alpha value is -0.960. The molecule has 0 aliphatic carbocycles. The van der Waals surface area contributed by atoms with Crippen LogP contribution in [0.2, 0.25) is 0 Å². The van der Waals surface area contributed by atoms with Crippen molar-refractivity contribution in [1.29, 1.82) is 0 Å². The molecule has 1 atom stereocenters. The minimum Gasteiger partial charge on any atom is -0.726 e. The van der Waals surface area contributed by atoms with Crippen molar-refractivity contribution in [3.63, 3.8) is 0 Å². The highest BCUT2D eigenvalue weighted by molar-refractivity contribution is 7.80. The number of hydrogen-bond acceptors (Lipinski definition) is 5. The first-order chi connectivity index (χ1) is 9.32. The molecule has 0 spiro atoms. The average molecular weight is 324 g/mol. The van der Waals surface area contributed by atoms with Crippen molar-refractivity contribution in [2.24, 2.45) is 0 Å². The Labute approximate surface area is 128 Å². The summed E-state index contributed by atoms with van der Waals surface area (Å²) in [5.74, 6) is -0.0248. The van der Waals surface area contributed by atoms with Crippen molar-refractivity contribution in [2.45, 2.75) is 32.7 Å². The van der Waals surface area contributed by atoms with Crippen LogP contribution in [-0.4, -0.2) is 64.2 Å². The minimum absolute atomic E-state index is 0.0248. The molecule has 7 nitrogen and oxygen atoms in total. The van der Waals surface area contributed by atoms with Crippen LogP contribution < -0.4 is 5.32 Å². The van der Waals surface area contributed by atoms with Crippen LogP contribution in [0.25, 0.3) is 0 Å². The number of quaternary nitrogens is 1. The molecule has 0 bridgehead atoms. The van der Waals surface area contributed by atoms with Crippen LogP contribution in [0.4, 0.5) is 0 Å². The predicted octanol–water partition coefficient (Wildman–Crippen LogP) is 0.647. The Morgan fingerprint density at radius 1 is 1.38 bits per heavy atom. The van der Waals surface area contributed by atoms with Crippen LogP contribution in [0, 0.1) is 0 Å². The van der Waals surface area contributed by atoms with E-state index in [1.807, 2.05) is 0 Å². The lowest BCUT2D eigenvalue weighted by Crippen LogP contribution is -2.41. The molecule has 1 unspecified atom stereocenters. The molecule has 0 heterocycles. The van der Waals surface area contributed by atoms with E-state index in [1.165, 1.54) is 0 Å². The molecule has 1 N–H and O–H groups in total. The predicted molar refractivity (Wildman–Crippen MR) is 81.3 cm³/mol. The zero-order valence-electron chi connectivity index (χ0n) is 13.8. The van der Waals surface area contributed by atoms with Gasteiger partial charge >= 0.3 is 0 Å². The topological polar surface area (TPSA) is 95.5 Å². The maximum Gasteiger partial charge on any atom is 0.246 e. The van der Waals surface area contributed by atoms with Crippen molar-refractivity contribution < 1.29 is 26.4 Å². The van der Waals surface area contributed by atoms with E-state index in [-0.39, 0.29) is 11.9 Å². The van der Waals surface area contributed by atoms with E-state index in [4.69, 9.17) is 0 Å². The van der Waals surface area contributed by atoms with Crippen molar-refractivity contribution >= 4 is 16.3 Å². The van der Waals surface area contributed by atoms with Crippen molar-refractivity contribution in [2.75, 3.05) is 34.8 Å². The molecular weight excluding hydrogens is 296 g/mol. The Morgan fingerprint density at radius 2 is 1.81 bits per heavy atom. The lowest BCUT2D eigenvalue weighted by atomic mass is 10.1. The molecule has 1 amide bonds. The van der Waals surface area contributed by atoms with Crippen molar-refractivity contribution in [3.05, 3.63) is 12.2 Å². The van der Waals surface area contributed by atoms with E-state index in [0.717, 1.165) is 31.0 Å². The summed E-state index contributed by atoms with van der Waals surface area (Å²) < 4.78 is 32.0. The summed E-state index contributed by atoms with van der Waals surface area (Å²) in [7, 11) is 2.88. The van der Waals surface area contributed by atoms with Gasteiger partial charge in [-0.2, -0.15) is 0 Å². The SMILES string of the molecule is C=C(C)C(=O)NC(CC)CC[N+](C)(C)C.COS(=O)(=O)[O-]. The van der Waals surface area contributed by atoms with Crippen LogP contribution in [0.15, 0.2) is 12.2 Å². The molecule has 0 rings (SSSR count). The van der Waals surface area contributed by atoms with E-state index in [2.05, 4.69) is 44.1 Å². The number of carbonyl (C=O) groups excluding carboxylic acids is 1. The highest BCUT2D eigenvalue weighted by atomic mass is 32.3. The van der Waals surface area contributed by atoms with E-state index in [1.54, 1.807) is 6.92 Å². The van der Waals surface area contributed by atoms with Gasteiger partial charge in [-0.3, -0.25) is 8.98 Å². The van der Waals surface area contributed by atoms with Crippen LogP contribution in [-0.2, 0) is 19.4 Å². The normalized spacial score (nSPS) is 12.9. The summed E-state index contributed by atoms with van der Waals surface area (Å²) in [5.41, 5.74) is 0.582. The van der Waals surface area contributed by atoms with Gasteiger partial charge in [0.1, 0.15) is 0 Å². The summed E-state index contributed by atoms with van der Waals surface area (Å²) in [6.07, 6.45) is 1.98. The standard InChI is InChI=1S/C12H24N2O.CH4O4S/c1-7-11(8-9-14(4,5)6)13-12(15)10(2)3;1-5-6(2,3)4/h11H,2,7-9H2,1,3-6H3;1H3,(H,2,3,4). The molecule has 0 aromatic heterocycles. The molecule has 0 aliphatic rings. The van der Waals surface area contributed by atoms with Gasteiger partial charge in [0, 0.05) is 18.0 Å². The van der Waals surface area contributed by atoms with Gasteiger partial charge in [0.2, 0.25) is 16.3 Å². The molecule has 8 heteroatoms. The largest absolute Gasteiger partial charge is 0.726 e.